The Hall–Kier alpha value is -1.75. The molecule has 1 aliphatic rings. The predicted octanol–water partition coefficient (Wildman–Crippen LogP) is 1.23. The summed E-state index contributed by atoms with van der Waals surface area (Å²) < 4.78 is 5.59. The van der Waals surface area contributed by atoms with Crippen LogP contribution in [0.1, 0.15) is 23.2 Å². The lowest BCUT2D eigenvalue weighted by Crippen LogP contribution is -2.26. The summed E-state index contributed by atoms with van der Waals surface area (Å²) in [6.45, 7) is 2.21. The first-order chi connectivity index (χ1) is 9.08. The van der Waals surface area contributed by atoms with Crippen LogP contribution >= 0.6 is 0 Å². The van der Waals surface area contributed by atoms with E-state index in [1.54, 1.807) is 12.1 Å². The number of nitrogens with two attached hydrogens (primary N) is 2. The second-order valence-electron chi connectivity index (χ2n) is 5.08. The molecule has 1 aromatic carbocycles. The Morgan fingerprint density at radius 2 is 2.21 bits per heavy atom. The zero-order valence-electron chi connectivity index (χ0n) is 11.3. The van der Waals surface area contributed by atoms with E-state index in [1.165, 1.54) is 12.8 Å². The van der Waals surface area contributed by atoms with E-state index in [4.69, 9.17) is 16.2 Å². The molecule has 1 fully saturated rings. The first-order valence-electron chi connectivity index (χ1n) is 6.56. The number of rotatable bonds is 7. The van der Waals surface area contributed by atoms with Gasteiger partial charge >= 0.3 is 0 Å². The average Bonchev–Trinajstić information content (AvgIpc) is 3.18. The Morgan fingerprint density at radius 1 is 1.47 bits per heavy atom. The SMILES string of the molecule is CN(CCOCC1CC1)c1ccc(N)cc1C(N)=O. The van der Waals surface area contributed by atoms with Crippen molar-refractivity contribution in [2.75, 3.05) is 37.4 Å². The molecule has 5 heteroatoms. The quantitative estimate of drug-likeness (QED) is 0.572. The summed E-state index contributed by atoms with van der Waals surface area (Å²) in [5.74, 6) is 0.302. The number of carbonyl (C=O) groups is 1. The predicted molar refractivity (Wildman–Crippen MR) is 76.2 cm³/mol. The molecule has 4 N–H and O–H groups in total. The standard InChI is InChI=1S/C14H21N3O2/c1-17(6-7-19-9-10-2-3-10)13-5-4-11(15)8-12(13)14(16)18/h4-5,8,10H,2-3,6-7,9,15H2,1H3,(H2,16,18). The molecule has 19 heavy (non-hydrogen) atoms. The topological polar surface area (TPSA) is 81.6 Å². The highest BCUT2D eigenvalue weighted by atomic mass is 16.5. The fourth-order valence-corrected chi connectivity index (χ4v) is 1.94. The number of benzene rings is 1. The molecule has 0 bridgehead atoms. The lowest BCUT2D eigenvalue weighted by molar-refractivity contribution is 0.100. The van der Waals surface area contributed by atoms with Crippen LogP contribution in [0.15, 0.2) is 18.2 Å². The number of likely N-dealkylation sites (N-methyl/N-ethyl adjacent to an activating group) is 1. The molecule has 1 aliphatic carbocycles. The molecule has 0 atom stereocenters. The summed E-state index contributed by atoms with van der Waals surface area (Å²) in [5.41, 5.74) is 12.8. The van der Waals surface area contributed by atoms with Crippen molar-refractivity contribution in [3.63, 3.8) is 0 Å². The molecule has 0 radical (unpaired) electrons. The van der Waals surface area contributed by atoms with Crippen molar-refractivity contribution in [1.29, 1.82) is 0 Å². The lowest BCUT2D eigenvalue weighted by atomic mass is 10.1. The van der Waals surface area contributed by atoms with Gasteiger partial charge in [-0.05, 0) is 37.0 Å². The number of nitrogen functional groups attached to an aromatic ring is 1. The largest absolute Gasteiger partial charge is 0.399 e. The van der Waals surface area contributed by atoms with Crippen LogP contribution in [0.5, 0.6) is 0 Å². The Kier molecular flexibility index (Phi) is 4.27. The molecule has 0 aromatic heterocycles. The van der Waals surface area contributed by atoms with Crippen molar-refractivity contribution < 1.29 is 9.53 Å². The van der Waals surface area contributed by atoms with Gasteiger partial charge in [0.05, 0.1) is 12.2 Å². The van der Waals surface area contributed by atoms with E-state index < -0.39 is 5.91 Å². The highest BCUT2D eigenvalue weighted by Crippen LogP contribution is 2.28. The molecule has 0 unspecified atom stereocenters. The average molecular weight is 263 g/mol. The molecule has 1 saturated carbocycles. The van der Waals surface area contributed by atoms with Crippen LogP contribution in [-0.4, -0.2) is 32.7 Å². The number of hydrogen-bond acceptors (Lipinski definition) is 4. The van der Waals surface area contributed by atoms with Gasteiger partial charge in [-0.3, -0.25) is 4.79 Å². The van der Waals surface area contributed by atoms with Gasteiger partial charge in [0.2, 0.25) is 0 Å². The number of amides is 1. The van der Waals surface area contributed by atoms with Gasteiger partial charge < -0.3 is 21.1 Å². The summed E-state index contributed by atoms with van der Waals surface area (Å²) in [6, 6.07) is 5.19. The zero-order chi connectivity index (χ0) is 13.8. The Balaban J connectivity index is 1.92. The fraction of sp³-hybridized carbons (Fsp3) is 0.500. The first-order valence-corrected chi connectivity index (χ1v) is 6.56. The van der Waals surface area contributed by atoms with Crippen LogP contribution < -0.4 is 16.4 Å². The van der Waals surface area contributed by atoms with Crippen molar-refractivity contribution in [1.82, 2.24) is 0 Å². The van der Waals surface area contributed by atoms with Crippen LogP contribution in [0.2, 0.25) is 0 Å². The van der Waals surface area contributed by atoms with Crippen LogP contribution in [-0.2, 0) is 4.74 Å². The monoisotopic (exact) mass is 263 g/mol. The maximum atomic E-state index is 11.4. The number of hydrogen-bond donors (Lipinski definition) is 2. The van der Waals surface area contributed by atoms with Crippen LogP contribution in [0, 0.1) is 5.92 Å². The molecule has 0 heterocycles. The van der Waals surface area contributed by atoms with Crippen molar-refractivity contribution in [3.05, 3.63) is 23.8 Å². The summed E-state index contributed by atoms with van der Waals surface area (Å²) >= 11 is 0. The summed E-state index contributed by atoms with van der Waals surface area (Å²) in [5, 5.41) is 0. The number of ether oxygens (including phenoxy) is 1. The van der Waals surface area contributed by atoms with Gasteiger partial charge in [0, 0.05) is 31.6 Å². The van der Waals surface area contributed by atoms with E-state index in [-0.39, 0.29) is 0 Å². The molecule has 0 spiro atoms. The highest BCUT2D eigenvalue weighted by Gasteiger charge is 2.21. The van der Waals surface area contributed by atoms with Gasteiger partial charge in [-0.1, -0.05) is 0 Å². The third-order valence-corrected chi connectivity index (χ3v) is 3.32. The van der Waals surface area contributed by atoms with Gasteiger partial charge in [-0.25, -0.2) is 0 Å². The minimum absolute atomic E-state index is 0.449. The third-order valence-electron chi connectivity index (χ3n) is 3.32. The van der Waals surface area contributed by atoms with E-state index in [0.717, 1.165) is 24.8 Å². The van der Waals surface area contributed by atoms with E-state index in [9.17, 15) is 4.79 Å². The lowest BCUT2D eigenvalue weighted by Gasteiger charge is -2.21. The first kappa shape index (κ1) is 13.7. The second kappa shape index (κ2) is 5.93. The van der Waals surface area contributed by atoms with Crippen molar-refractivity contribution in [3.8, 4) is 0 Å². The van der Waals surface area contributed by atoms with Crippen molar-refractivity contribution in [2.24, 2.45) is 11.7 Å². The minimum Gasteiger partial charge on any atom is -0.399 e. The third kappa shape index (κ3) is 3.86. The van der Waals surface area contributed by atoms with Gasteiger partial charge in [-0.2, -0.15) is 0 Å². The van der Waals surface area contributed by atoms with Crippen molar-refractivity contribution >= 4 is 17.3 Å². The van der Waals surface area contributed by atoms with Gasteiger partial charge in [0.15, 0.2) is 0 Å². The zero-order valence-corrected chi connectivity index (χ0v) is 11.3. The van der Waals surface area contributed by atoms with Gasteiger partial charge in [-0.15, -0.1) is 0 Å². The number of primary amides is 1. The molecule has 0 aliphatic heterocycles. The highest BCUT2D eigenvalue weighted by molar-refractivity contribution is 5.99. The smallest absolute Gasteiger partial charge is 0.250 e. The fourth-order valence-electron chi connectivity index (χ4n) is 1.94. The molecule has 1 amide bonds. The minimum atomic E-state index is -0.465. The Morgan fingerprint density at radius 3 is 2.84 bits per heavy atom. The Bertz CT molecular complexity index is 458. The van der Waals surface area contributed by atoms with E-state index in [2.05, 4.69) is 0 Å². The summed E-state index contributed by atoms with van der Waals surface area (Å²) in [4.78, 5) is 13.4. The molecular formula is C14H21N3O2. The second-order valence-corrected chi connectivity index (χ2v) is 5.08. The maximum absolute atomic E-state index is 11.4. The van der Waals surface area contributed by atoms with Crippen LogP contribution in [0.25, 0.3) is 0 Å². The Labute approximate surface area is 113 Å². The molecule has 1 aromatic rings. The summed E-state index contributed by atoms with van der Waals surface area (Å²) in [6.07, 6.45) is 2.58. The van der Waals surface area contributed by atoms with Crippen LogP contribution in [0.4, 0.5) is 11.4 Å². The molecule has 5 nitrogen and oxygen atoms in total. The number of carbonyl (C=O) groups excluding carboxylic acids is 1. The van der Waals surface area contributed by atoms with Crippen LogP contribution in [0.3, 0.4) is 0 Å². The van der Waals surface area contributed by atoms with E-state index >= 15 is 0 Å². The van der Waals surface area contributed by atoms with Crippen molar-refractivity contribution in [2.45, 2.75) is 12.8 Å². The molecular weight excluding hydrogens is 242 g/mol. The van der Waals surface area contributed by atoms with E-state index in [1.807, 2.05) is 18.0 Å². The maximum Gasteiger partial charge on any atom is 0.250 e. The van der Waals surface area contributed by atoms with E-state index in [0.29, 0.717) is 17.9 Å². The number of anilines is 2. The summed E-state index contributed by atoms with van der Waals surface area (Å²) in [7, 11) is 1.92. The van der Waals surface area contributed by atoms with Gasteiger partial charge in [0.1, 0.15) is 0 Å². The molecule has 2 rings (SSSR count). The number of nitrogens with zero attached hydrogens (tertiary/aromatic N) is 1. The van der Waals surface area contributed by atoms with Gasteiger partial charge in [0.25, 0.3) is 5.91 Å². The molecule has 0 saturated heterocycles. The molecule has 104 valence electrons. The normalized spacial score (nSPS) is 14.4.